The zero-order valence-corrected chi connectivity index (χ0v) is 22.1. The van der Waals surface area contributed by atoms with Gasteiger partial charge in [0.15, 0.2) is 0 Å². The van der Waals surface area contributed by atoms with E-state index in [1.165, 1.54) is 39.4 Å². The number of piperazine rings is 1. The molecule has 1 aliphatic rings. The van der Waals surface area contributed by atoms with Crippen LogP contribution >= 0.6 is 22.9 Å². The summed E-state index contributed by atoms with van der Waals surface area (Å²) in [4.78, 5) is 20.0. The zero-order chi connectivity index (χ0) is 25.4. The Morgan fingerprint density at radius 2 is 1.78 bits per heavy atom. The van der Waals surface area contributed by atoms with E-state index in [1.807, 2.05) is 31.2 Å². The minimum atomic E-state index is -3.76. The molecule has 5 rings (SSSR count). The average molecular weight is 546 g/mol. The molecular weight excluding hydrogens is 522 g/mol. The molecule has 0 unspecified atom stereocenters. The van der Waals surface area contributed by atoms with Gasteiger partial charge in [-0.1, -0.05) is 52.8 Å². The SMILES string of the molecule is COc1ccc(Cl)cc1S(=O)(=O)N1CCN(Cc2cc(=O)n3nc(-c4ccc(C)cc4)sc3n2)CC1. The monoisotopic (exact) mass is 545 g/mol. The van der Waals surface area contributed by atoms with Crippen molar-refractivity contribution in [3.8, 4) is 16.3 Å². The molecule has 0 radical (unpaired) electrons. The van der Waals surface area contributed by atoms with E-state index in [9.17, 15) is 13.2 Å². The molecule has 0 saturated carbocycles. The topological polar surface area (TPSA) is 97.1 Å². The van der Waals surface area contributed by atoms with Crippen molar-refractivity contribution in [2.45, 2.75) is 18.4 Å². The summed E-state index contributed by atoms with van der Waals surface area (Å²) in [6.45, 7) is 4.07. The Labute approximate surface area is 217 Å². The van der Waals surface area contributed by atoms with Crippen LogP contribution < -0.4 is 10.3 Å². The van der Waals surface area contributed by atoms with Crippen LogP contribution in [0.3, 0.4) is 0 Å². The smallest absolute Gasteiger partial charge is 0.275 e. The molecule has 9 nitrogen and oxygen atoms in total. The number of hydrogen-bond acceptors (Lipinski definition) is 8. The van der Waals surface area contributed by atoms with E-state index in [0.717, 1.165) is 16.1 Å². The van der Waals surface area contributed by atoms with E-state index < -0.39 is 10.0 Å². The molecule has 188 valence electrons. The summed E-state index contributed by atoms with van der Waals surface area (Å²) in [7, 11) is -2.33. The molecule has 1 aliphatic heterocycles. The van der Waals surface area contributed by atoms with Crippen molar-refractivity contribution in [3.63, 3.8) is 0 Å². The second-order valence-electron chi connectivity index (χ2n) is 8.53. The highest BCUT2D eigenvalue weighted by molar-refractivity contribution is 7.89. The minimum absolute atomic E-state index is 0.0562. The van der Waals surface area contributed by atoms with Crippen molar-refractivity contribution in [1.29, 1.82) is 0 Å². The molecule has 1 fully saturated rings. The lowest BCUT2D eigenvalue weighted by Crippen LogP contribution is -2.48. The molecule has 36 heavy (non-hydrogen) atoms. The maximum absolute atomic E-state index is 13.2. The first-order valence-corrected chi connectivity index (χ1v) is 13.9. The van der Waals surface area contributed by atoms with Gasteiger partial charge in [0.25, 0.3) is 5.56 Å². The van der Waals surface area contributed by atoms with Gasteiger partial charge < -0.3 is 4.74 Å². The second kappa shape index (κ2) is 9.91. The Balaban J connectivity index is 1.30. The van der Waals surface area contributed by atoms with Gasteiger partial charge in [0.05, 0.1) is 12.8 Å². The molecule has 0 aliphatic carbocycles. The lowest BCUT2D eigenvalue weighted by molar-refractivity contribution is 0.179. The Morgan fingerprint density at radius 3 is 2.47 bits per heavy atom. The number of benzene rings is 2. The lowest BCUT2D eigenvalue weighted by Gasteiger charge is -2.33. The Hall–Kier alpha value is -2.83. The first-order chi connectivity index (χ1) is 17.2. The van der Waals surface area contributed by atoms with Crippen LogP contribution in [-0.2, 0) is 16.6 Å². The van der Waals surface area contributed by atoms with Crippen molar-refractivity contribution in [3.05, 3.63) is 75.2 Å². The number of halogens is 1. The number of nitrogens with zero attached hydrogens (tertiary/aromatic N) is 5. The standard InChI is InChI=1S/C24H24ClN5O4S2/c1-16-3-5-17(6-4-16)23-27-30-22(31)14-19(26-24(30)35-23)15-28-9-11-29(12-10-28)36(32,33)21-13-18(25)7-8-20(21)34-2/h3-8,13-14H,9-12,15H2,1-2H3. The lowest BCUT2D eigenvalue weighted by atomic mass is 10.2. The van der Waals surface area contributed by atoms with Crippen LogP contribution in [-0.4, -0.2) is 65.5 Å². The van der Waals surface area contributed by atoms with E-state index in [1.54, 1.807) is 12.1 Å². The third kappa shape index (κ3) is 4.89. The molecule has 0 bridgehead atoms. The number of fused-ring (bicyclic) bond motifs is 1. The van der Waals surface area contributed by atoms with Gasteiger partial charge in [-0.25, -0.2) is 13.4 Å². The second-order valence-corrected chi connectivity index (χ2v) is 11.8. The van der Waals surface area contributed by atoms with Crippen LogP contribution in [0, 0.1) is 6.92 Å². The van der Waals surface area contributed by atoms with Gasteiger partial charge in [-0.2, -0.15) is 13.9 Å². The molecule has 2 aromatic heterocycles. The van der Waals surface area contributed by atoms with Crippen LogP contribution in [0.15, 0.2) is 58.2 Å². The van der Waals surface area contributed by atoms with Crippen LogP contribution in [0.2, 0.25) is 5.02 Å². The van der Waals surface area contributed by atoms with Gasteiger partial charge >= 0.3 is 0 Å². The van der Waals surface area contributed by atoms with E-state index >= 15 is 0 Å². The maximum atomic E-state index is 13.2. The van der Waals surface area contributed by atoms with Gasteiger partial charge in [-0.15, -0.1) is 0 Å². The largest absolute Gasteiger partial charge is 0.495 e. The first-order valence-electron chi connectivity index (χ1n) is 11.3. The summed E-state index contributed by atoms with van der Waals surface area (Å²) in [6, 6.07) is 14.0. The van der Waals surface area contributed by atoms with E-state index in [4.69, 9.17) is 16.3 Å². The third-order valence-electron chi connectivity index (χ3n) is 6.06. The Kier molecular flexibility index (Phi) is 6.84. The molecule has 4 aromatic rings. The molecular formula is C24H24ClN5O4S2. The number of methoxy groups -OCH3 is 1. The molecule has 3 heterocycles. The fraction of sp³-hybridized carbons (Fsp3) is 0.292. The van der Waals surface area contributed by atoms with Crippen molar-refractivity contribution in [2.75, 3.05) is 33.3 Å². The summed E-state index contributed by atoms with van der Waals surface area (Å²) >= 11 is 7.41. The van der Waals surface area contributed by atoms with E-state index in [0.29, 0.717) is 48.4 Å². The van der Waals surface area contributed by atoms with Gasteiger partial charge in [0, 0.05) is 49.4 Å². The Morgan fingerprint density at radius 1 is 1.06 bits per heavy atom. The van der Waals surface area contributed by atoms with Crippen molar-refractivity contribution < 1.29 is 13.2 Å². The Bertz CT molecular complexity index is 1580. The molecule has 1 saturated heterocycles. The maximum Gasteiger partial charge on any atom is 0.275 e. The van der Waals surface area contributed by atoms with Crippen molar-refractivity contribution >= 4 is 37.9 Å². The number of aromatic nitrogens is 3. The highest BCUT2D eigenvalue weighted by Gasteiger charge is 2.31. The summed E-state index contributed by atoms with van der Waals surface area (Å²) in [5.74, 6) is 0.259. The molecule has 12 heteroatoms. The highest BCUT2D eigenvalue weighted by atomic mass is 35.5. The summed E-state index contributed by atoms with van der Waals surface area (Å²) in [5.41, 5.74) is 2.48. The average Bonchev–Trinajstić information content (AvgIpc) is 3.29. The van der Waals surface area contributed by atoms with Gasteiger partial charge in [0.2, 0.25) is 15.0 Å². The summed E-state index contributed by atoms with van der Waals surface area (Å²) in [5, 5.41) is 5.50. The minimum Gasteiger partial charge on any atom is -0.495 e. The summed E-state index contributed by atoms with van der Waals surface area (Å²) < 4.78 is 34.4. The molecule has 2 aromatic carbocycles. The van der Waals surface area contributed by atoms with E-state index in [-0.39, 0.29) is 16.2 Å². The highest BCUT2D eigenvalue weighted by Crippen LogP contribution is 2.30. The van der Waals surface area contributed by atoms with Gasteiger partial charge in [-0.05, 0) is 25.1 Å². The van der Waals surface area contributed by atoms with Crippen LogP contribution in [0.1, 0.15) is 11.3 Å². The quantitative estimate of drug-likeness (QED) is 0.367. The fourth-order valence-corrected chi connectivity index (χ4v) is 6.87. The molecule has 0 amide bonds. The normalized spacial score (nSPS) is 15.4. The predicted molar refractivity (Wildman–Crippen MR) is 139 cm³/mol. The van der Waals surface area contributed by atoms with Crippen LogP contribution in [0.5, 0.6) is 5.75 Å². The van der Waals surface area contributed by atoms with Crippen molar-refractivity contribution in [1.82, 2.24) is 23.8 Å². The zero-order valence-electron chi connectivity index (χ0n) is 19.7. The predicted octanol–water partition coefficient (Wildman–Crippen LogP) is 3.29. The van der Waals surface area contributed by atoms with Gasteiger partial charge in [-0.3, -0.25) is 9.69 Å². The number of ether oxygens (including phenoxy) is 1. The van der Waals surface area contributed by atoms with Crippen molar-refractivity contribution in [2.24, 2.45) is 0 Å². The number of sulfonamides is 1. The van der Waals surface area contributed by atoms with Gasteiger partial charge in [0.1, 0.15) is 15.7 Å². The summed E-state index contributed by atoms with van der Waals surface area (Å²) in [6.07, 6.45) is 0. The number of aryl methyl sites for hydroxylation is 1. The number of rotatable bonds is 6. The molecule has 0 atom stereocenters. The van der Waals surface area contributed by atoms with Crippen LogP contribution in [0.4, 0.5) is 0 Å². The van der Waals surface area contributed by atoms with Crippen LogP contribution in [0.25, 0.3) is 15.5 Å². The van der Waals surface area contributed by atoms with E-state index in [2.05, 4.69) is 15.0 Å². The third-order valence-corrected chi connectivity index (χ3v) is 9.17. The number of hydrogen-bond donors (Lipinski definition) is 0. The molecule has 0 N–H and O–H groups in total. The fourth-order valence-electron chi connectivity index (χ4n) is 4.10. The first kappa shape index (κ1) is 24.8. The molecule has 0 spiro atoms.